The number of nitrogens with zero attached hydrogens (tertiary/aromatic N) is 5. The van der Waals surface area contributed by atoms with Gasteiger partial charge in [-0.1, -0.05) is 17.7 Å². The topological polar surface area (TPSA) is 64.6 Å². The zero-order valence-corrected chi connectivity index (χ0v) is 17.6. The Labute approximate surface area is 172 Å². The molecule has 2 amide bonds. The van der Waals surface area contributed by atoms with Crippen LogP contribution in [0, 0.1) is 20.8 Å². The van der Waals surface area contributed by atoms with Crippen molar-refractivity contribution in [2.24, 2.45) is 0 Å². The maximum atomic E-state index is 12.7. The van der Waals surface area contributed by atoms with E-state index in [9.17, 15) is 4.79 Å². The van der Waals surface area contributed by atoms with E-state index in [4.69, 9.17) is 4.98 Å². The van der Waals surface area contributed by atoms with Gasteiger partial charge in [-0.15, -0.1) is 0 Å². The summed E-state index contributed by atoms with van der Waals surface area (Å²) in [6.45, 7) is 11.1. The lowest BCUT2D eigenvalue weighted by Gasteiger charge is -2.35. The van der Waals surface area contributed by atoms with E-state index < -0.39 is 0 Å². The minimum atomic E-state index is -0.0340. The highest BCUT2D eigenvalue weighted by Crippen LogP contribution is 2.22. The van der Waals surface area contributed by atoms with Gasteiger partial charge in [0.1, 0.15) is 5.82 Å². The highest BCUT2D eigenvalue weighted by Gasteiger charge is 2.24. The van der Waals surface area contributed by atoms with Crippen LogP contribution in [0.3, 0.4) is 0 Å². The van der Waals surface area contributed by atoms with E-state index in [1.807, 2.05) is 36.9 Å². The SMILES string of the molecule is Cc1ccc(NC(=O)N2CCN(c3cc(C)nc(N4CCCC4)n3)CC2)c(C)c1. The average molecular weight is 395 g/mol. The van der Waals surface area contributed by atoms with Gasteiger partial charge in [0.2, 0.25) is 5.95 Å². The van der Waals surface area contributed by atoms with Crippen LogP contribution in [0.4, 0.5) is 22.2 Å². The number of hydrogen-bond donors (Lipinski definition) is 1. The summed E-state index contributed by atoms with van der Waals surface area (Å²) < 4.78 is 0. The summed E-state index contributed by atoms with van der Waals surface area (Å²) in [4.78, 5) is 28.5. The van der Waals surface area contributed by atoms with Crippen molar-refractivity contribution in [3.05, 3.63) is 41.1 Å². The van der Waals surface area contributed by atoms with Gasteiger partial charge < -0.3 is 20.0 Å². The number of anilines is 3. The van der Waals surface area contributed by atoms with Crippen molar-refractivity contribution >= 4 is 23.5 Å². The molecule has 0 saturated carbocycles. The summed E-state index contributed by atoms with van der Waals surface area (Å²) in [5.41, 5.74) is 4.15. The number of carbonyl (C=O) groups is 1. The second kappa shape index (κ2) is 8.27. The second-order valence-corrected chi connectivity index (χ2v) is 8.08. The first kappa shape index (κ1) is 19.5. The molecule has 0 aliphatic carbocycles. The standard InChI is InChI=1S/C22H30N6O/c1-16-6-7-19(17(2)14-16)24-22(29)28-12-10-26(11-13-28)20-15-18(3)23-21(25-20)27-8-4-5-9-27/h6-7,14-15H,4-5,8-13H2,1-3H3,(H,24,29). The number of carbonyl (C=O) groups excluding carboxylic acids is 1. The number of nitrogens with one attached hydrogen (secondary N) is 1. The van der Waals surface area contributed by atoms with Crippen LogP contribution in [0.2, 0.25) is 0 Å². The molecule has 2 aliphatic rings. The van der Waals surface area contributed by atoms with E-state index in [1.165, 1.54) is 18.4 Å². The van der Waals surface area contributed by atoms with Gasteiger partial charge in [-0.2, -0.15) is 4.98 Å². The van der Waals surface area contributed by atoms with Crippen LogP contribution in [0.5, 0.6) is 0 Å². The maximum absolute atomic E-state index is 12.7. The lowest BCUT2D eigenvalue weighted by atomic mass is 10.1. The van der Waals surface area contributed by atoms with Gasteiger partial charge in [0.15, 0.2) is 0 Å². The second-order valence-electron chi connectivity index (χ2n) is 8.08. The molecular weight excluding hydrogens is 364 g/mol. The molecule has 2 aromatic rings. The predicted octanol–water partition coefficient (Wildman–Crippen LogP) is 3.36. The van der Waals surface area contributed by atoms with Gasteiger partial charge in [-0.05, 0) is 45.2 Å². The Balaban J connectivity index is 1.38. The Hall–Kier alpha value is -2.83. The fraction of sp³-hybridized carbons (Fsp3) is 0.500. The number of aryl methyl sites for hydroxylation is 3. The molecule has 2 fully saturated rings. The number of amides is 2. The maximum Gasteiger partial charge on any atom is 0.321 e. The molecule has 7 heteroatoms. The van der Waals surface area contributed by atoms with Crippen LogP contribution < -0.4 is 15.1 Å². The van der Waals surface area contributed by atoms with Crippen molar-refractivity contribution in [2.75, 3.05) is 54.4 Å². The average Bonchev–Trinajstić information content (AvgIpc) is 3.25. The molecular formula is C22H30N6O. The predicted molar refractivity (Wildman–Crippen MR) is 117 cm³/mol. The van der Waals surface area contributed by atoms with Gasteiger partial charge in [0, 0.05) is 56.7 Å². The Kier molecular flexibility index (Phi) is 5.56. The number of piperazine rings is 1. The van der Waals surface area contributed by atoms with Crippen molar-refractivity contribution in [2.45, 2.75) is 33.6 Å². The molecule has 0 bridgehead atoms. The molecule has 2 saturated heterocycles. The molecule has 3 heterocycles. The highest BCUT2D eigenvalue weighted by molar-refractivity contribution is 5.90. The van der Waals surface area contributed by atoms with E-state index in [0.717, 1.165) is 54.9 Å². The van der Waals surface area contributed by atoms with E-state index in [1.54, 1.807) is 0 Å². The summed E-state index contributed by atoms with van der Waals surface area (Å²) in [7, 11) is 0. The summed E-state index contributed by atoms with van der Waals surface area (Å²) in [5.74, 6) is 1.81. The fourth-order valence-corrected chi connectivity index (χ4v) is 4.04. The van der Waals surface area contributed by atoms with E-state index in [2.05, 4.69) is 33.1 Å². The van der Waals surface area contributed by atoms with Crippen molar-refractivity contribution in [1.29, 1.82) is 0 Å². The first-order chi connectivity index (χ1) is 14.0. The zero-order chi connectivity index (χ0) is 20.4. The van der Waals surface area contributed by atoms with Crippen LogP contribution in [0.15, 0.2) is 24.3 Å². The van der Waals surface area contributed by atoms with E-state index >= 15 is 0 Å². The third kappa shape index (κ3) is 4.44. The normalized spacial score (nSPS) is 17.0. The van der Waals surface area contributed by atoms with E-state index in [-0.39, 0.29) is 6.03 Å². The Morgan fingerprint density at radius 3 is 2.31 bits per heavy atom. The van der Waals surface area contributed by atoms with Crippen molar-refractivity contribution in [3.63, 3.8) is 0 Å². The van der Waals surface area contributed by atoms with Gasteiger partial charge in [-0.3, -0.25) is 0 Å². The summed E-state index contributed by atoms with van der Waals surface area (Å²) >= 11 is 0. The number of hydrogen-bond acceptors (Lipinski definition) is 5. The van der Waals surface area contributed by atoms with Crippen molar-refractivity contribution in [1.82, 2.24) is 14.9 Å². The Morgan fingerprint density at radius 2 is 1.62 bits per heavy atom. The summed E-state index contributed by atoms with van der Waals surface area (Å²) in [6.07, 6.45) is 2.42. The number of aromatic nitrogens is 2. The Bertz CT molecular complexity index is 885. The van der Waals surface area contributed by atoms with Crippen molar-refractivity contribution in [3.8, 4) is 0 Å². The molecule has 0 unspecified atom stereocenters. The molecule has 1 aromatic heterocycles. The lowest BCUT2D eigenvalue weighted by Crippen LogP contribution is -2.50. The zero-order valence-electron chi connectivity index (χ0n) is 17.6. The van der Waals surface area contributed by atoms with E-state index in [0.29, 0.717) is 13.1 Å². The highest BCUT2D eigenvalue weighted by atomic mass is 16.2. The molecule has 4 rings (SSSR count). The quantitative estimate of drug-likeness (QED) is 0.865. The first-order valence-electron chi connectivity index (χ1n) is 10.5. The van der Waals surface area contributed by atoms with Crippen LogP contribution in [0.1, 0.15) is 29.7 Å². The minimum absolute atomic E-state index is 0.0340. The molecule has 7 nitrogen and oxygen atoms in total. The monoisotopic (exact) mass is 394 g/mol. The third-order valence-corrected chi connectivity index (χ3v) is 5.73. The van der Waals surface area contributed by atoms with Gasteiger partial charge >= 0.3 is 6.03 Å². The molecule has 1 aromatic carbocycles. The fourth-order valence-electron chi connectivity index (χ4n) is 4.04. The van der Waals surface area contributed by atoms with Gasteiger partial charge in [-0.25, -0.2) is 9.78 Å². The summed E-state index contributed by atoms with van der Waals surface area (Å²) in [5, 5.41) is 3.05. The number of urea groups is 1. The first-order valence-corrected chi connectivity index (χ1v) is 10.5. The number of rotatable bonds is 3. The van der Waals surface area contributed by atoms with Crippen LogP contribution in [-0.2, 0) is 0 Å². The molecule has 2 aliphatic heterocycles. The molecule has 154 valence electrons. The lowest BCUT2D eigenvalue weighted by molar-refractivity contribution is 0.208. The molecule has 29 heavy (non-hydrogen) atoms. The smallest absolute Gasteiger partial charge is 0.321 e. The Morgan fingerprint density at radius 1 is 0.897 bits per heavy atom. The largest absolute Gasteiger partial charge is 0.353 e. The van der Waals surface area contributed by atoms with Gasteiger partial charge in [0.25, 0.3) is 0 Å². The van der Waals surface area contributed by atoms with Crippen molar-refractivity contribution < 1.29 is 4.79 Å². The molecule has 0 radical (unpaired) electrons. The molecule has 0 atom stereocenters. The van der Waals surface area contributed by atoms with Crippen LogP contribution >= 0.6 is 0 Å². The van der Waals surface area contributed by atoms with Crippen LogP contribution in [-0.4, -0.2) is 60.2 Å². The molecule has 0 spiro atoms. The number of benzene rings is 1. The van der Waals surface area contributed by atoms with Crippen LogP contribution in [0.25, 0.3) is 0 Å². The third-order valence-electron chi connectivity index (χ3n) is 5.73. The minimum Gasteiger partial charge on any atom is -0.353 e. The molecule has 1 N–H and O–H groups in total. The van der Waals surface area contributed by atoms with Gasteiger partial charge in [0.05, 0.1) is 0 Å². The summed E-state index contributed by atoms with van der Waals surface area (Å²) in [6, 6.07) is 8.10.